The highest BCUT2D eigenvalue weighted by Crippen LogP contribution is 2.35. The summed E-state index contributed by atoms with van der Waals surface area (Å²) in [6.07, 6.45) is 0. The molecule has 0 saturated heterocycles. The molecule has 0 saturated carbocycles. The van der Waals surface area contributed by atoms with Crippen molar-refractivity contribution in [3.8, 4) is 5.88 Å². The van der Waals surface area contributed by atoms with Gasteiger partial charge in [0, 0.05) is 0 Å². The highest BCUT2D eigenvalue weighted by atomic mass is 79.9. The molecule has 0 atom stereocenters. The zero-order valence-electron chi connectivity index (χ0n) is 8.06. The van der Waals surface area contributed by atoms with Gasteiger partial charge in [0.15, 0.2) is 0 Å². The summed E-state index contributed by atoms with van der Waals surface area (Å²) in [5.41, 5.74) is -0.0834. The molecule has 3 nitrogen and oxygen atoms in total. The topological polar surface area (TPSA) is 27.1 Å². The van der Waals surface area contributed by atoms with Crippen LogP contribution in [0.3, 0.4) is 0 Å². The minimum absolute atomic E-state index is 0.0834. The number of rotatable bonds is 1. The van der Waals surface area contributed by atoms with Crippen LogP contribution in [0.2, 0.25) is 0 Å². The molecule has 0 bridgehead atoms. The molecule has 1 rings (SSSR count). The van der Waals surface area contributed by atoms with Crippen LogP contribution in [0, 0.1) is 0 Å². The molecule has 0 aliphatic heterocycles. The molecule has 74 valence electrons. The highest BCUT2D eigenvalue weighted by Gasteiger charge is 2.23. The third-order valence-electron chi connectivity index (χ3n) is 1.58. The standard InChI is InChI=1S/C8H12Br2N2O/c1-8(2,3)12-7(13-4)5(9)6(10)11-12/h1-4H3. The van der Waals surface area contributed by atoms with Gasteiger partial charge in [-0.2, -0.15) is 5.10 Å². The van der Waals surface area contributed by atoms with E-state index in [2.05, 4.69) is 57.7 Å². The van der Waals surface area contributed by atoms with Gasteiger partial charge >= 0.3 is 0 Å². The number of aromatic nitrogens is 2. The first-order chi connectivity index (χ1) is 5.88. The molecule has 1 aromatic heterocycles. The average molecular weight is 312 g/mol. The Morgan fingerprint density at radius 2 is 1.85 bits per heavy atom. The molecule has 0 fully saturated rings. The summed E-state index contributed by atoms with van der Waals surface area (Å²) in [7, 11) is 1.64. The van der Waals surface area contributed by atoms with Crippen LogP contribution >= 0.6 is 31.9 Å². The molecule has 0 radical (unpaired) electrons. The first-order valence-corrected chi connectivity index (χ1v) is 5.45. The predicted octanol–water partition coefficient (Wildman–Crippen LogP) is 3.17. The Morgan fingerprint density at radius 1 is 1.31 bits per heavy atom. The van der Waals surface area contributed by atoms with E-state index in [1.165, 1.54) is 0 Å². The summed E-state index contributed by atoms with van der Waals surface area (Å²) in [6, 6.07) is 0. The van der Waals surface area contributed by atoms with E-state index in [0.717, 1.165) is 15.0 Å². The third-order valence-corrected chi connectivity index (χ3v) is 3.38. The Bertz CT molecular complexity index is 315. The number of methoxy groups -OCH3 is 1. The Balaban J connectivity index is 3.30. The van der Waals surface area contributed by atoms with Gasteiger partial charge in [-0.15, -0.1) is 0 Å². The second kappa shape index (κ2) is 3.61. The molecule has 1 aromatic rings. The Labute approximate surface area is 94.7 Å². The summed E-state index contributed by atoms with van der Waals surface area (Å²) < 4.78 is 8.70. The summed E-state index contributed by atoms with van der Waals surface area (Å²) in [6.45, 7) is 6.21. The average Bonchev–Trinajstić information content (AvgIpc) is 2.28. The summed E-state index contributed by atoms with van der Waals surface area (Å²) >= 11 is 6.74. The molecule has 1 heterocycles. The molecule has 0 aliphatic rings. The third kappa shape index (κ3) is 2.07. The Kier molecular flexibility index (Phi) is 3.07. The summed E-state index contributed by atoms with van der Waals surface area (Å²) in [5, 5.41) is 4.31. The van der Waals surface area contributed by atoms with E-state index >= 15 is 0 Å². The lowest BCUT2D eigenvalue weighted by molar-refractivity contribution is 0.281. The van der Waals surface area contributed by atoms with E-state index in [-0.39, 0.29) is 5.54 Å². The maximum atomic E-state index is 5.25. The van der Waals surface area contributed by atoms with Gasteiger partial charge in [-0.05, 0) is 52.6 Å². The lowest BCUT2D eigenvalue weighted by atomic mass is 10.1. The first-order valence-electron chi connectivity index (χ1n) is 3.86. The number of hydrogen-bond donors (Lipinski definition) is 0. The van der Waals surface area contributed by atoms with Crippen LogP contribution in [0.5, 0.6) is 5.88 Å². The van der Waals surface area contributed by atoms with Gasteiger partial charge in [0.25, 0.3) is 0 Å². The van der Waals surface area contributed by atoms with E-state index in [1.807, 2.05) is 4.68 Å². The Hall–Kier alpha value is -0.0300. The Morgan fingerprint density at radius 3 is 2.15 bits per heavy atom. The number of hydrogen-bond acceptors (Lipinski definition) is 2. The minimum Gasteiger partial charge on any atom is -0.480 e. The largest absolute Gasteiger partial charge is 0.480 e. The van der Waals surface area contributed by atoms with E-state index in [1.54, 1.807) is 7.11 Å². The molecule has 0 N–H and O–H groups in total. The normalized spacial score (nSPS) is 11.8. The van der Waals surface area contributed by atoms with Gasteiger partial charge in [-0.25, -0.2) is 4.68 Å². The van der Waals surface area contributed by atoms with Crippen molar-refractivity contribution in [2.24, 2.45) is 0 Å². The maximum Gasteiger partial charge on any atom is 0.227 e. The van der Waals surface area contributed by atoms with Gasteiger partial charge in [0.2, 0.25) is 5.88 Å². The van der Waals surface area contributed by atoms with Crippen LogP contribution in [0.15, 0.2) is 9.08 Å². The van der Waals surface area contributed by atoms with Crippen LogP contribution in [0.1, 0.15) is 20.8 Å². The van der Waals surface area contributed by atoms with Crippen molar-refractivity contribution in [2.45, 2.75) is 26.3 Å². The first kappa shape index (κ1) is 11.0. The van der Waals surface area contributed by atoms with Crippen LogP contribution < -0.4 is 4.74 Å². The SMILES string of the molecule is COc1c(Br)c(Br)nn1C(C)(C)C. The number of nitrogens with zero attached hydrogens (tertiary/aromatic N) is 2. The predicted molar refractivity (Wildman–Crippen MR) is 59.2 cm³/mol. The zero-order valence-corrected chi connectivity index (χ0v) is 11.2. The fraction of sp³-hybridized carbons (Fsp3) is 0.625. The van der Waals surface area contributed by atoms with Crippen LogP contribution in [-0.2, 0) is 5.54 Å². The lowest BCUT2D eigenvalue weighted by Gasteiger charge is -2.21. The molecule has 13 heavy (non-hydrogen) atoms. The van der Waals surface area contributed by atoms with Crippen LogP contribution in [0.4, 0.5) is 0 Å². The summed E-state index contributed by atoms with van der Waals surface area (Å²) in [4.78, 5) is 0. The van der Waals surface area contributed by atoms with E-state index in [4.69, 9.17) is 4.74 Å². The zero-order chi connectivity index (χ0) is 10.2. The van der Waals surface area contributed by atoms with Gasteiger partial charge in [-0.3, -0.25) is 0 Å². The minimum atomic E-state index is -0.0834. The van der Waals surface area contributed by atoms with Crippen molar-refractivity contribution in [1.29, 1.82) is 0 Å². The molecular weight excluding hydrogens is 300 g/mol. The molecule has 0 aliphatic carbocycles. The van der Waals surface area contributed by atoms with E-state index in [0.29, 0.717) is 0 Å². The second-order valence-corrected chi connectivity index (χ2v) is 5.24. The molecule has 0 spiro atoms. The monoisotopic (exact) mass is 310 g/mol. The molecule has 5 heteroatoms. The van der Waals surface area contributed by atoms with E-state index < -0.39 is 0 Å². The van der Waals surface area contributed by atoms with Crippen molar-refractivity contribution in [2.75, 3.05) is 7.11 Å². The van der Waals surface area contributed by atoms with Gasteiger partial charge in [0.05, 0.1) is 12.6 Å². The quantitative estimate of drug-likeness (QED) is 0.796. The second-order valence-electron chi connectivity index (χ2n) is 3.70. The van der Waals surface area contributed by atoms with Crippen LogP contribution in [-0.4, -0.2) is 16.9 Å². The van der Waals surface area contributed by atoms with Gasteiger partial charge in [0.1, 0.15) is 9.08 Å². The fourth-order valence-corrected chi connectivity index (χ4v) is 1.73. The molecular formula is C8H12Br2N2O. The highest BCUT2D eigenvalue weighted by molar-refractivity contribution is 9.13. The number of halogens is 2. The molecule has 0 aromatic carbocycles. The van der Waals surface area contributed by atoms with Gasteiger partial charge < -0.3 is 4.74 Å². The van der Waals surface area contributed by atoms with Crippen molar-refractivity contribution in [3.05, 3.63) is 9.08 Å². The number of ether oxygens (including phenoxy) is 1. The maximum absolute atomic E-state index is 5.25. The molecule has 0 amide bonds. The van der Waals surface area contributed by atoms with Gasteiger partial charge in [-0.1, -0.05) is 0 Å². The molecule has 0 unspecified atom stereocenters. The van der Waals surface area contributed by atoms with Crippen LogP contribution in [0.25, 0.3) is 0 Å². The van der Waals surface area contributed by atoms with E-state index in [9.17, 15) is 0 Å². The van der Waals surface area contributed by atoms with Crippen molar-refractivity contribution >= 4 is 31.9 Å². The van der Waals surface area contributed by atoms with Crippen molar-refractivity contribution in [3.63, 3.8) is 0 Å². The van der Waals surface area contributed by atoms with Crippen molar-refractivity contribution < 1.29 is 4.74 Å². The fourth-order valence-electron chi connectivity index (χ4n) is 0.989. The van der Waals surface area contributed by atoms with Crippen molar-refractivity contribution in [1.82, 2.24) is 9.78 Å². The summed E-state index contributed by atoms with van der Waals surface area (Å²) in [5.74, 6) is 0.736. The lowest BCUT2D eigenvalue weighted by Crippen LogP contribution is -2.23. The smallest absolute Gasteiger partial charge is 0.227 e.